The molecular formula is C12H13N3O3. The summed E-state index contributed by atoms with van der Waals surface area (Å²) >= 11 is 0. The van der Waals surface area contributed by atoms with Crippen LogP contribution in [0.2, 0.25) is 0 Å². The van der Waals surface area contributed by atoms with E-state index in [2.05, 4.69) is 4.98 Å². The van der Waals surface area contributed by atoms with Gasteiger partial charge in [0.15, 0.2) is 6.23 Å². The molecule has 1 aromatic carbocycles. The number of para-hydroxylation sites is 1. The van der Waals surface area contributed by atoms with Crippen LogP contribution in [0.4, 0.5) is 5.82 Å². The van der Waals surface area contributed by atoms with Crippen molar-refractivity contribution in [3.05, 3.63) is 52.5 Å². The lowest BCUT2D eigenvalue weighted by Gasteiger charge is -2.15. The first-order valence-corrected chi connectivity index (χ1v) is 5.49. The maximum atomic E-state index is 10.6. The highest BCUT2D eigenvalue weighted by Gasteiger charge is 2.19. The van der Waals surface area contributed by atoms with Crippen molar-refractivity contribution in [2.24, 2.45) is 0 Å². The molecule has 0 saturated heterocycles. The lowest BCUT2D eigenvalue weighted by molar-refractivity contribution is -0.389. The molecule has 1 aromatic heterocycles. The first-order chi connectivity index (χ1) is 8.58. The van der Waals surface area contributed by atoms with Crippen LogP contribution in [0.25, 0.3) is 0 Å². The van der Waals surface area contributed by atoms with Gasteiger partial charge in [0.25, 0.3) is 0 Å². The fraction of sp³-hybridized carbons (Fsp3) is 0.250. The Morgan fingerprint density at radius 3 is 2.61 bits per heavy atom. The number of hydrogen-bond acceptors (Lipinski definition) is 4. The molecule has 2 rings (SSSR count). The minimum atomic E-state index is -0.515. The number of rotatable bonds is 4. The Hall–Kier alpha value is -2.37. The Morgan fingerprint density at radius 2 is 2.06 bits per heavy atom. The Kier molecular flexibility index (Phi) is 3.27. The van der Waals surface area contributed by atoms with E-state index in [0.717, 1.165) is 0 Å². The van der Waals surface area contributed by atoms with Crippen LogP contribution in [0.1, 0.15) is 19.0 Å². The van der Waals surface area contributed by atoms with E-state index in [0.29, 0.717) is 11.6 Å². The molecule has 0 radical (unpaired) electrons. The molecule has 1 atom stereocenters. The van der Waals surface area contributed by atoms with Crippen molar-refractivity contribution in [2.75, 3.05) is 0 Å². The number of imidazole rings is 1. The molecule has 0 aliphatic rings. The maximum Gasteiger partial charge on any atom is 0.381 e. The van der Waals surface area contributed by atoms with Crippen molar-refractivity contribution in [1.29, 1.82) is 0 Å². The van der Waals surface area contributed by atoms with E-state index in [1.165, 1.54) is 6.20 Å². The van der Waals surface area contributed by atoms with Crippen LogP contribution in [0.5, 0.6) is 5.75 Å². The third kappa shape index (κ3) is 2.48. The van der Waals surface area contributed by atoms with E-state index in [1.807, 2.05) is 37.3 Å². The number of ether oxygens (including phenoxy) is 1. The van der Waals surface area contributed by atoms with Crippen LogP contribution < -0.4 is 4.74 Å². The van der Waals surface area contributed by atoms with Crippen molar-refractivity contribution in [3.63, 3.8) is 0 Å². The Bertz CT molecular complexity index is 551. The number of aromatic nitrogens is 2. The molecule has 2 aromatic rings. The van der Waals surface area contributed by atoms with Gasteiger partial charge in [-0.15, -0.1) is 0 Å². The van der Waals surface area contributed by atoms with Gasteiger partial charge in [-0.05, 0) is 29.0 Å². The number of nitrogens with zero attached hydrogens (tertiary/aromatic N) is 3. The normalized spacial score (nSPS) is 12.1. The first kappa shape index (κ1) is 12.1. The third-order valence-electron chi connectivity index (χ3n) is 2.53. The average molecular weight is 247 g/mol. The maximum absolute atomic E-state index is 10.6. The summed E-state index contributed by atoms with van der Waals surface area (Å²) < 4.78 is 7.30. The van der Waals surface area contributed by atoms with Gasteiger partial charge in [0.1, 0.15) is 11.9 Å². The second-order valence-electron chi connectivity index (χ2n) is 3.84. The highest BCUT2D eigenvalue weighted by atomic mass is 16.6. The van der Waals surface area contributed by atoms with Gasteiger partial charge in [-0.1, -0.05) is 18.2 Å². The average Bonchev–Trinajstić information content (AvgIpc) is 2.73. The zero-order valence-electron chi connectivity index (χ0n) is 10.1. The van der Waals surface area contributed by atoms with Gasteiger partial charge in [-0.3, -0.25) is 4.57 Å². The molecule has 18 heavy (non-hydrogen) atoms. The predicted molar refractivity (Wildman–Crippen MR) is 65.4 cm³/mol. The molecule has 6 heteroatoms. The van der Waals surface area contributed by atoms with Crippen molar-refractivity contribution in [2.45, 2.75) is 20.1 Å². The number of benzene rings is 1. The Labute approximate surface area is 104 Å². The largest absolute Gasteiger partial charge is 0.470 e. The zero-order chi connectivity index (χ0) is 13.1. The highest BCUT2D eigenvalue weighted by Crippen LogP contribution is 2.20. The lowest BCUT2D eigenvalue weighted by Crippen LogP contribution is -2.12. The van der Waals surface area contributed by atoms with E-state index < -0.39 is 4.92 Å². The van der Waals surface area contributed by atoms with Gasteiger partial charge in [0, 0.05) is 6.92 Å². The summed E-state index contributed by atoms with van der Waals surface area (Å²) in [4.78, 5) is 14.0. The molecule has 0 N–H and O–H groups in total. The standard InChI is InChI=1S/C12H13N3O3/c1-9-13-12(15(16)17)8-14(9)10(2)18-11-6-4-3-5-7-11/h3-8,10H,1-2H3. The number of aryl methyl sites for hydroxylation is 1. The number of nitro groups is 1. The van der Waals surface area contributed by atoms with Gasteiger partial charge < -0.3 is 14.9 Å². The molecule has 0 spiro atoms. The summed E-state index contributed by atoms with van der Waals surface area (Å²) in [7, 11) is 0. The smallest absolute Gasteiger partial charge is 0.381 e. The first-order valence-electron chi connectivity index (χ1n) is 5.49. The molecule has 0 aliphatic heterocycles. The second kappa shape index (κ2) is 4.87. The molecule has 0 amide bonds. The van der Waals surface area contributed by atoms with Crippen LogP contribution in [-0.2, 0) is 0 Å². The minimum absolute atomic E-state index is 0.170. The fourth-order valence-electron chi connectivity index (χ4n) is 1.68. The topological polar surface area (TPSA) is 70.2 Å². The minimum Gasteiger partial charge on any atom is -0.470 e. The molecule has 0 aliphatic carbocycles. The van der Waals surface area contributed by atoms with Crippen LogP contribution in [0.3, 0.4) is 0 Å². The quantitative estimate of drug-likeness (QED) is 0.615. The van der Waals surface area contributed by atoms with Crippen LogP contribution in [0.15, 0.2) is 36.5 Å². The summed E-state index contributed by atoms with van der Waals surface area (Å²) in [6.07, 6.45) is 1.02. The van der Waals surface area contributed by atoms with Crippen molar-refractivity contribution < 1.29 is 9.66 Å². The van der Waals surface area contributed by atoms with Gasteiger partial charge in [0.05, 0.1) is 0 Å². The summed E-state index contributed by atoms with van der Waals surface area (Å²) in [6.45, 7) is 3.52. The molecule has 0 saturated carbocycles. The molecule has 0 fully saturated rings. The van der Waals surface area contributed by atoms with Crippen LogP contribution in [-0.4, -0.2) is 14.5 Å². The summed E-state index contributed by atoms with van der Waals surface area (Å²) in [6, 6.07) is 9.29. The second-order valence-corrected chi connectivity index (χ2v) is 3.84. The molecule has 1 unspecified atom stereocenters. The number of hydrogen-bond donors (Lipinski definition) is 0. The Balaban J connectivity index is 2.19. The molecule has 1 heterocycles. The fourth-order valence-corrected chi connectivity index (χ4v) is 1.68. The zero-order valence-corrected chi connectivity index (χ0v) is 10.1. The van der Waals surface area contributed by atoms with Gasteiger partial charge >= 0.3 is 5.82 Å². The van der Waals surface area contributed by atoms with E-state index >= 15 is 0 Å². The molecule has 94 valence electrons. The van der Waals surface area contributed by atoms with Gasteiger partial charge in [0.2, 0.25) is 5.82 Å². The van der Waals surface area contributed by atoms with Crippen LogP contribution in [0, 0.1) is 17.0 Å². The lowest BCUT2D eigenvalue weighted by atomic mass is 10.3. The SMILES string of the molecule is Cc1nc([N+](=O)[O-])cn1C(C)Oc1ccccc1. The van der Waals surface area contributed by atoms with Crippen molar-refractivity contribution in [3.8, 4) is 5.75 Å². The van der Waals surface area contributed by atoms with Crippen molar-refractivity contribution >= 4 is 5.82 Å². The van der Waals surface area contributed by atoms with E-state index in [1.54, 1.807) is 11.5 Å². The molecule has 6 nitrogen and oxygen atoms in total. The monoisotopic (exact) mass is 247 g/mol. The van der Waals surface area contributed by atoms with Gasteiger partial charge in [-0.2, -0.15) is 0 Å². The van der Waals surface area contributed by atoms with Crippen LogP contribution >= 0.6 is 0 Å². The van der Waals surface area contributed by atoms with E-state index in [-0.39, 0.29) is 12.0 Å². The molecular weight excluding hydrogens is 234 g/mol. The van der Waals surface area contributed by atoms with Gasteiger partial charge in [-0.25, -0.2) is 0 Å². The third-order valence-corrected chi connectivity index (χ3v) is 2.53. The van der Waals surface area contributed by atoms with E-state index in [4.69, 9.17) is 4.74 Å². The van der Waals surface area contributed by atoms with Crippen molar-refractivity contribution in [1.82, 2.24) is 9.55 Å². The summed E-state index contributed by atoms with van der Waals surface area (Å²) in [5.41, 5.74) is 0. The summed E-state index contributed by atoms with van der Waals surface area (Å²) in [5.74, 6) is 1.09. The predicted octanol–water partition coefficient (Wildman–Crippen LogP) is 2.70. The molecule has 0 bridgehead atoms. The Morgan fingerprint density at radius 1 is 1.39 bits per heavy atom. The van der Waals surface area contributed by atoms with E-state index in [9.17, 15) is 10.1 Å². The highest BCUT2D eigenvalue weighted by molar-refractivity contribution is 5.22. The summed E-state index contributed by atoms with van der Waals surface area (Å²) in [5, 5.41) is 10.6.